The van der Waals surface area contributed by atoms with E-state index < -0.39 is 0 Å². The molecule has 3 aromatic rings. The van der Waals surface area contributed by atoms with Crippen LogP contribution in [0.3, 0.4) is 0 Å². The number of pyridine rings is 1. The summed E-state index contributed by atoms with van der Waals surface area (Å²) in [7, 11) is 0. The summed E-state index contributed by atoms with van der Waals surface area (Å²) in [6, 6.07) is 18.3. The Morgan fingerprint density at radius 1 is 1.00 bits per heavy atom. The van der Waals surface area contributed by atoms with Crippen molar-refractivity contribution in [2.45, 2.75) is 12.6 Å². The lowest BCUT2D eigenvalue weighted by molar-refractivity contribution is 0.254. The van der Waals surface area contributed by atoms with Gasteiger partial charge in [0, 0.05) is 24.6 Å². The Morgan fingerprint density at radius 2 is 1.86 bits per heavy atom. The standard InChI is InChI=1S/C18H17N3O/c22-13-17-15-9-5-11-20(15)16-8-4-10-19-18(16)21(17)12-14-6-2-1-3-7-14/h1-11,17,22H,12-13H2. The minimum atomic E-state index is -0.0855. The molecule has 0 amide bonds. The van der Waals surface area contributed by atoms with E-state index in [9.17, 15) is 5.11 Å². The largest absolute Gasteiger partial charge is 0.394 e. The number of nitrogens with zero attached hydrogens (tertiary/aromatic N) is 3. The van der Waals surface area contributed by atoms with Crippen LogP contribution >= 0.6 is 0 Å². The van der Waals surface area contributed by atoms with Gasteiger partial charge in [0.2, 0.25) is 0 Å². The number of anilines is 1. The summed E-state index contributed by atoms with van der Waals surface area (Å²) in [4.78, 5) is 6.75. The van der Waals surface area contributed by atoms with Crippen molar-refractivity contribution in [1.82, 2.24) is 9.55 Å². The van der Waals surface area contributed by atoms with E-state index in [1.165, 1.54) is 5.56 Å². The molecule has 110 valence electrons. The van der Waals surface area contributed by atoms with Gasteiger partial charge in [-0.2, -0.15) is 0 Å². The monoisotopic (exact) mass is 291 g/mol. The minimum absolute atomic E-state index is 0.0624. The second-order valence-corrected chi connectivity index (χ2v) is 5.46. The molecule has 1 atom stereocenters. The van der Waals surface area contributed by atoms with Crippen LogP contribution in [0.15, 0.2) is 67.0 Å². The summed E-state index contributed by atoms with van der Waals surface area (Å²) >= 11 is 0. The average Bonchev–Trinajstić information content (AvgIpc) is 3.06. The highest BCUT2D eigenvalue weighted by molar-refractivity contribution is 5.63. The lowest BCUT2D eigenvalue weighted by Gasteiger charge is -2.37. The molecule has 0 aliphatic carbocycles. The van der Waals surface area contributed by atoms with E-state index in [-0.39, 0.29) is 12.6 Å². The van der Waals surface area contributed by atoms with Crippen LogP contribution in [0.1, 0.15) is 17.3 Å². The molecular formula is C18H17N3O. The maximum absolute atomic E-state index is 9.95. The van der Waals surface area contributed by atoms with E-state index in [1.54, 1.807) is 6.20 Å². The molecule has 1 aliphatic rings. The summed E-state index contributed by atoms with van der Waals surface area (Å²) in [5.41, 5.74) is 3.36. The first-order valence-corrected chi connectivity index (χ1v) is 7.42. The van der Waals surface area contributed by atoms with Crippen LogP contribution in [-0.4, -0.2) is 21.3 Å². The number of hydrogen-bond acceptors (Lipinski definition) is 3. The van der Waals surface area contributed by atoms with Crippen LogP contribution in [0.2, 0.25) is 0 Å². The molecule has 0 bridgehead atoms. The van der Waals surface area contributed by atoms with E-state index in [2.05, 4.69) is 38.7 Å². The number of fused-ring (bicyclic) bond motifs is 3. The summed E-state index contributed by atoms with van der Waals surface area (Å²) in [5, 5.41) is 9.95. The van der Waals surface area contributed by atoms with Gasteiger partial charge in [-0.25, -0.2) is 4.98 Å². The first-order chi connectivity index (χ1) is 10.9. The molecule has 1 aliphatic heterocycles. The van der Waals surface area contributed by atoms with Crippen molar-refractivity contribution in [3.8, 4) is 5.69 Å². The number of rotatable bonds is 3. The van der Waals surface area contributed by atoms with Gasteiger partial charge in [0.1, 0.15) is 0 Å². The molecule has 1 unspecified atom stereocenters. The fraction of sp³-hybridized carbons (Fsp3) is 0.167. The van der Waals surface area contributed by atoms with E-state index in [1.807, 2.05) is 36.5 Å². The third-order valence-corrected chi connectivity index (χ3v) is 4.16. The first kappa shape index (κ1) is 13.1. The summed E-state index contributed by atoms with van der Waals surface area (Å²) < 4.78 is 2.12. The van der Waals surface area contributed by atoms with E-state index in [0.29, 0.717) is 0 Å². The third-order valence-electron chi connectivity index (χ3n) is 4.16. The zero-order valence-electron chi connectivity index (χ0n) is 12.1. The van der Waals surface area contributed by atoms with E-state index in [4.69, 9.17) is 0 Å². The SMILES string of the molecule is OCC1c2cccn2-c2cccnc2N1Cc1ccccc1. The third kappa shape index (κ3) is 2.00. The molecule has 2 aromatic heterocycles. The zero-order chi connectivity index (χ0) is 14.9. The molecule has 4 heteroatoms. The molecule has 4 rings (SSSR count). The highest BCUT2D eigenvalue weighted by atomic mass is 16.3. The van der Waals surface area contributed by atoms with Gasteiger partial charge in [-0.1, -0.05) is 30.3 Å². The lowest BCUT2D eigenvalue weighted by Crippen LogP contribution is -2.36. The van der Waals surface area contributed by atoms with Crippen LogP contribution in [0.5, 0.6) is 0 Å². The van der Waals surface area contributed by atoms with Crippen molar-refractivity contribution in [2.75, 3.05) is 11.5 Å². The summed E-state index contributed by atoms with van der Waals surface area (Å²) in [6.45, 7) is 0.786. The smallest absolute Gasteiger partial charge is 0.153 e. The van der Waals surface area contributed by atoms with Crippen molar-refractivity contribution in [3.63, 3.8) is 0 Å². The van der Waals surface area contributed by atoms with Crippen molar-refractivity contribution in [1.29, 1.82) is 0 Å². The van der Waals surface area contributed by atoms with Crippen molar-refractivity contribution >= 4 is 5.82 Å². The fourth-order valence-corrected chi connectivity index (χ4v) is 3.15. The molecule has 0 saturated heterocycles. The maximum atomic E-state index is 9.95. The van der Waals surface area contributed by atoms with Gasteiger partial charge in [-0.05, 0) is 29.8 Å². The summed E-state index contributed by atoms with van der Waals surface area (Å²) in [6.07, 6.45) is 3.83. The van der Waals surface area contributed by atoms with Gasteiger partial charge < -0.3 is 14.6 Å². The number of hydrogen-bond donors (Lipinski definition) is 1. The Hall–Kier alpha value is -2.59. The second-order valence-electron chi connectivity index (χ2n) is 5.46. The molecule has 4 nitrogen and oxygen atoms in total. The van der Waals surface area contributed by atoms with E-state index >= 15 is 0 Å². The topological polar surface area (TPSA) is 41.3 Å². The first-order valence-electron chi connectivity index (χ1n) is 7.42. The molecule has 0 radical (unpaired) electrons. The highest BCUT2D eigenvalue weighted by Crippen LogP contribution is 2.38. The fourth-order valence-electron chi connectivity index (χ4n) is 3.15. The van der Waals surface area contributed by atoms with Gasteiger partial charge >= 0.3 is 0 Å². The Labute approximate surface area is 129 Å². The number of benzene rings is 1. The van der Waals surface area contributed by atoms with E-state index in [0.717, 1.165) is 23.7 Å². The number of aromatic nitrogens is 2. The Balaban J connectivity index is 1.83. The maximum Gasteiger partial charge on any atom is 0.153 e. The van der Waals surface area contributed by atoms with Gasteiger partial charge in [0.25, 0.3) is 0 Å². The van der Waals surface area contributed by atoms with Crippen LogP contribution in [0.25, 0.3) is 5.69 Å². The Bertz CT molecular complexity index is 782. The molecule has 0 spiro atoms. The summed E-state index contributed by atoms with van der Waals surface area (Å²) in [5.74, 6) is 0.911. The number of aliphatic hydroxyl groups excluding tert-OH is 1. The normalized spacial score (nSPS) is 16.2. The molecule has 22 heavy (non-hydrogen) atoms. The predicted molar refractivity (Wildman–Crippen MR) is 86.0 cm³/mol. The lowest BCUT2D eigenvalue weighted by atomic mass is 10.1. The average molecular weight is 291 g/mol. The Kier molecular flexibility index (Phi) is 3.16. The van der Waals surface area contributed by atoms with Crippen molar-refractivity contribution < 1.29 is 5.11 Å². The van der Waals surface area contributed by atoms with Gasteiger partial charge in [-0.15, -0.1) is 0 Å². The van der Waals surface area contributed by atoms with Crippen molar-refractivity contribution in [2.24, 2.45) is 0 Å². The van der Waals surface area contributed by atoms with Crippen LogP contribution in [0, 0.1) is 0 Å². The molecule has 3 heterocycles. The van der Waals surface area contributed by atoms with Gasteiger partial charge in [0.05, 0.1) is 18.3 Å². The highest BCUT2D eigenvalue weighted by Gasteiger charge is 2.31. The quantitative estimate of drug-likeness (QED) is 0.806. The molecule has 1 aromatic carbocycles. The molecule has 1 N–H and O–H groups in total. The number of aliphatic hydroxyl groups is 1. The Morgan fingerprint density at radius 3 is 2.68 bits per heavy atom. The molecule has 0 saturated carbocycles. The zero-order valence-corrected chi connectivity index (χ0v) is 12.1. The minimum Gasteiger partial charge on any atom is -0.394 e. The van der Waals surface area contributed by atoms with Gasteiger partial charge in [-0.3, -0.25) is 0 Å². The van der Waals surface area contributed by atoms with Crippen LogP contribution < -0.4 is 4.90 Å². The second kappa shape index (κ2) is 5.31. The molecule has 0 fully saturated rings. The van der Waals surface area contributed by atoms with Gasteiger partial charge in [0.15, 0.2) is 5.82 Å². The van der Waals surface area contributed by atoms with Crippen molar-refractivity contribution in [3.05, 3.63) is 78.2 Å². The van der Waals surface area contributed by atoms with Crippen LogP contribution in [-0.2, 0) is 6.54 Å². The molecular weight excluding hydrogens is 274 g/mol. The predicted octanol–water partition coefficient (Wildman–Crippen LogP) is 2.93. The van der Waals surface area contributed by atoms with Crippen LogP contribution in [0.4, 0.5) is 5.82 Å².